The summed E-state index contributed by atoms with van der Waals surface area (Å²) in [5, 5.41) is 10.1. The minimum Gasteiger partial charge on any atom is -0.481 e. The van der Waals surface area contributed by atoms with E-state index in [9.17, 15) is 14.7 Å². The lowest BCUT2D eigenvalue weighted by molar-refractivity contribution is -0.140. The van der Waals surface area contributed by atoms with Crippen molar-refractivity contribution in [1.29, 1.82) is 0 Å². The first-order valence-electron chi connectivity index (χ1n) is 6.80. The molecule has 7 heteroatoms. The largest absolute Gasteiger partial charge is 0.481 e. The Morgan fingerprint density at radius 1 is 1.26 bits per heavy atom. The number of hydrogen-bond acceptors (Lipinski definition) is 4. The van der Waals surface area contributed by atoms with Crippen molar-refractivity contribution in [1.82, 2.24) is 0 Å². The molecule has 1 aliphatic rings. The Morgan fingerprint density at radius 2 is 1.91 bits per heavy atom. The first-order chi connectivity index (χ1) is 10.8. The van der Waals surface area contributed by atoms with Crippen LogP contribution >= 0.6 is 23.2 Å². The number of hydrogen-bond donors (Lipinski definition) is 1. The smallest absolute Gasteiger partial charge is 0.336 e. The molecule has 1 heterocycles. The van der Waals surface area contributed by atoms with Crippen LogP contribution in [-0.4, -0.2) is 29.9 Å². The van der Waals surface area contributed by atoms with Crippen LogP contribution in [-0.2, 0) is 14.3 Å². The van der Waals surface area contributed by atoms with Gasteiger partial charge in [0.25, 0.3) is 0 Å². The highest BCUT2D eigenvalue weighted by molar-refractivity contribution is 6.42. The lowest BCUT2D eigenvalue weighted by Crippen LogP contribution is -2.35. The van der Waals surface area contributed by atoms with Crippen molar-refractivity contribution in [2.45, 2.75) is 19.8 Å². The summed E-state index contributed by atoms with van der Waals surface area (Å²) in [5.74, 6) is -3.57. The van der Waals surface area contributed by atoms with Gasteiger partial charge in [-0.1, -0.05) is 35.3 Å². The van der Waals surface area contributed by atoms with E-state index in [0.717, 1.165) is 0 Å². The molecule has 0 amide bonds. The lowest BCUT2D eigenvalue weighted by atomic mass is 9.75. The van der Waals surface area contributed by atoms with Crippen molar-refractivity contribution in [2.75, 3.05) is 7.11 Å². The van der Waals surface area contributed by atoms with Crippen LogP contribution in [0.3, 0.4) is 0 Å². The number of halogens is 2. The maximum atomic E-state index is 12.2. The summed E-state index contributed by atoms with van der Waals surface area (Å²) in [6, 6.07) is 4.92. The number of allylic oxidation sites excluding steroid dienone is 1. The molecule has 1 aromatic rings. The number of carbonyl (C=O) groups is 2. The molecule has 1 aliphatic heterocycles. The average Bonchev–Trinajstić information content (AvgIpc) is 2.48. The topological polar surface area (TPSA) is 76.0 Å². The molecule has 0 fully saturated rings. The molecule has 0 aliphatic carbocycles. The van der Waals surface area contributed by atoms with E-state index in [1.54, 1.807) is 32.0 Å². The lowest BCUT2D eigenvalue weighted by Gasteiger charge is -2.30. The van der Waals surface area contributed by atoms with E-state index in [0.29, 0.717) is 17.0 Å². The van der Waals surface area contributed by atoms with E-state index in [4.69, 9.17) is 27.9 Å². The van der Waals surface area contributed by atoms with E-state index in [1.165, 1.54) is 7.11 Å². The van der Waals surface area contributed by atoms with E-state index >= 15 is 0 Å². The fourth-order valence-electron chi connectivity index (χ4n) is 2.83. The molecule has 0 saturated heterocycles. The number of rotatable bonds is 3. The number of nitrogens with zero attached hydrogens (tertiary/aromatic N) is 1. The molecule has 1 N–H and O–H groups in total. The molecule has 0 aromatic heterocycles. The minimum absolute atomic E-state index is 0.176. The van der Waals surface area contributed by atoms with Crippen LogP contribution in [0.4, 0.5) is 0 Å². The van der Waals surface area contributed by atoms with Gasteiger partial charge in [0, 0.05) is 17.3 Å². The molecular weight excluding hydrogens is 341 g/mol. The highest BCUT2D eigenvalue weighted by Gasteiger charge is 2.42. The van der Waals surface area contributed by atoms with Crippen molar-refractivity contribution in [3.63, 3.8) is 0 Å². The fraction of sp³-hybridized carbons (Fsp3) is 0.312. The van der Waals surface area contributed by atoms with Crippen LogP contribution in [0.25, 0.3) is 0 Å². The van der Waals surface area contributed by atoms with Gasteiger partial charge in [0.05, 0.1) is 22.7 Å². The van der Waals surface area contributed by atoms with Crippen LogP contribution in [0, 0.1) is 5.92 Å². The third-order valence-corrected chi connectivity index (χ3v) is 4.65. The van der Waals surface area contributed by atoms with Gasteiger partial charge in [0.1, 0.15) is 5.92 Å². The van der Waals surface area contributed by atoms with E-state index in [1.807, 2.05) is 0 Å². The molecule has 0 bridgehead atoms. The second kappa shape index (κ2) is 6.72. The molecular formula is C16H15Cl2NO4. The van der Waals surface area contributed by atoms with Gasteiger partial charge in [0.2, 0.25) is 0 Å². The van der Waals surface area contributed by atoms with Gasteiger partial charge in [-0.05, 0) is 25.5 Å². The number of aliphatic imine (C=N–C) groups is 1. The number of ether oxygens (including phenoxy) is 1. The predicted octanol–water partition coefficient (Wildman–Crippen LogP) is 3.70. The summed E-state index contributed by atoms with van der Waals surface area (Å²) in [7, 11) is 1.24. The Kier molecular flexibility index (Phi) is 5.12. The highest BCUT2D eigenvalue weighted by atomic mass is 35.5. The summed E-state index contributed by atoms with van der Waals surface area (Å²) < 4.78 is 4.81. The molecule has 0 radical (unpaired) electrons. The normalized spacial score (nSPS) is 21.0. The molecule has 2 unspecified atom stereocenters. The maximum absolute atomic E-state index is 12.2. The minimum atomic E-state index is -1.10. The Hall–Kier alpha value is -1.85. The average molecular weight is 356 g/mol. The van der Waals surface area contributed by atoms with Crippen molar-refractivity contribution < 1.29 is 19.4 Å². The summed E-state index contributed by atoms with van der Waals surface area (Å²) in [4.78, 5) is 28.2. The third-order valence-electron chi connectivity index (χ3n) is 3.82. The molecule has 0 saturated carbocycles. The Bertz CT molecular complexity index is 740. The van der Waals surface area contributed by atoms with Gasteiger partial charge in [-0.15, -0.1) is 0 Å². The highest BCUT2D eigenvalue weighted by Crippen LogP contribution is 2.43. The van der Waals surface area contributed by atoms with Crippen LogP contribution in [0.15, 0.2) is 34.5 Å². The SMILES string of the molecule is COC(=O)C1=C(C)N=C(C)C(C(=O)O)C1c1cccc(Cl)c1Cl. The monoisotopic (exact) mass is 355 g/mol. The number of esters is 1. The zero-order chi connectivity index (χ0) is 17.3. The Morgan fingerprint density at radius 3 is 2.48 bits per heavy atom. The zero-order valence-electron chi connectivity index (χ0n) is 12.8. The number of aliphatic carboxylic acids is 1. The van der Waals surface area contributed by atoms with Crippen LogP contribution in [0.5, 0.6) is 0 Å². The van der Waals surface area contributed by atoms with Gasteiger partial charge in [-0.2, -0.15) is 0 Å². The van der Waals surface area contributed by atoms with Crippen LogP contribution < -0.4 is 0 Å². The molecule has 5 nitrogen and oxygen atoms in total. The summed E-state index contributed by atoms with van der Waals surface area (Å²) in [6.07, 6.45) is 0. The van der Waals surface area contributed by atoms with Crippen molar-refractivity contribution in [3.05, 3.63) is 45.1 Å². The number of carbonyl (C=O) groups excluding carboxylic acids is 1. The second-order valence-corrected chi connectivity index (χ2v) is 5.97. The van der Waals surface area contributed by atoms with Gasteiger partial charge in [0.15, 0.2) is 0 Å². The number of benzene rings is 1. The van der Waals surface area contributed by atoms with Crippen molar-refractivity contribution >= 4 is 40.9 Å². The van der Waals surface area contributed by atoms with E-state index < -0.39 is 23.8 Å². The van der Waals surface area contributed by atoms with Crippen LogP contribution in [0.2, 0.25) is 10.0 Å². The zero-order valence-corrected chi connectivity index (χ0v) is 14.3. The second-order valence-electron chi connectivity index (χ2n) is 5.18. The summed E-state index contributed by atoms with van der Waals surface area (Å²) in [6.45, 7) is 3.25. The Labute approximate surface area is 143 Å². The molecule has 1 aromatic carbocycles. The standard InChI is InChI=1S/C16H15Cl2NO4/c1-7-11(15(20)21)13(9-5-4-6-10(17)14(9)18)12(8(2)19-7)16(22)23-3/h4-6,11,13H,1-3H3,(H,20,21). The summed E-state index contributed by atoms with van der Waals surface area (Å²) >= 11 is 12.3. The van der Waals surface area contributed by atoms with Gasteiger partial charge in [-0.3, -0.25) is 9.79 Å². The molecule has 0 spiro atoms. The first kappa shape index (κ1) is 17.5. The number of carboxylic acid groups (broad SMARTS) is 1. The number of carboxylic acids is 1. The predicted molar refractivity (Wildman–Crippen MR) is 88.2 cm³/mol. The van der Waals surface area contributed by atoms with E-state index in [-0.39, 0.29) is 15.6 Å². The van der Waals surface area contributed by atoms with Crippen molar-refractivity contribution in [3.8, 4) is 0 Å². The van der Waals surface area contributed by atoms with E-state index in [2.05, 4.69) is 4.99 Å². The Balaban J connectivity index is 2.75. The molecule has 2 atom stereocenters. The van der Waals surface area contributed by atoms with Crippen LogP contribution in [0.1, 0.15) is 25.3 Å². The maximum Gasteiger partial charge on any atom is 0.336 e. The molecule has 122 valence electrons. The fourth-order valence-corrected chi connectivity index (χ4v) is 3.25. The van der Waals surface area contributed by atoms with Gasteiger partial charge >= 0.3 is 11.9 Å². The van der Waals surface area contributed by atoms with Gasteiger partial charge < -0.3 is 9.84 Å². The number of methoxy groups -OCH3 is 1. The van der Waals surface area contributed by atoms with Crippen molar-refractivity contribution in [2.24, 2.45) is 10.9 Å². The molecule has 23 heavy (non-hydrogen) atoms. The van der Waals surface area contributed by atoms with Gasteiger partial charge in [-0.25, -0.2) is 4.79 Å². The summed E-state index contributed by atoms with van der Waals surface area (Å²) in [5.41, 5.74) is 1.44. The first-order valence-corrected chi connectivity index (χ1v) is 7.56. The third kappa shape index (κ3) is 3.12. The molecule has 2 rings (SSSR count). The quantitative estimate of drug-likeness (QED) is 0.838.